The molecule has 0 saturated carbocycles. The van der Waals surface area contributed by atoms with E-state index >= 15 is 0 Å². The lowest BCUT2D eigenvalue weighted by Crippen LogP contribution is -2.13. The van der Waals surface area contributed by atoms with Crippen molar-refractivity contribution in [2.45, 2.75) is 0 Å². The molecule has 0 aliphatic heterocycles. The van der Waals surface area contributed by atoms with Crippen molar-refractivity contribution >= 4 is 0 Å². The third-order valence-electron chi connectivity index (χ3n) is 9.30. The van der Waals surface area contributed by atoms with Crippen molar-refractivity contribution in [3.8, 4) is 78.8 Å². The molecule has 0 amide bonds. The number of hydrogen-bond donors (Lipinski definition) is 0. The zero-order chi connectivity index (χ0) is 39.2. The van der Waals surface area contributed by atoms with Crippen molar-refractivity contribution in [1.29, 1.82) is 0 Å². The molecule has 0 saturated heterocycles. The number of aromatic nitrogens is 6. The van der Waals surface area contributed by atoms with E-state index in [9.17, 15) is 0 Å². The molecule has 8 rings (SSSR count). The lowest BCUT2D eigenvalue weighted by Gasteiger charge is -2.12. The van der Waals surface area contributed by atoms with Crippen LogP contribution < -0.4 is 9.47 Å². The van der Waals surface area contributed by atoms with Crippen molar-refractivity contribution in [2.75, 3.05) is 39.6 Å². The predicted octanol–water partition coefficient (Wildman–Crippen LogP) is 9.55. The Labute approximate surface area is 337 Å². The van der Waals surface area contributed by atoms with Crippen molar-refractivity contribution in [3.63, 3.8) is 0 Å². The van der Waals surface area contributed by atoms with Crippen molar-refractivity contribution in [3.05, 3.63) is 171 Å². The maximum absolute atomic E-state index is 5.95. The Balaban J connectivity index is 0.762. The van der Waals surface area contributed by atoms with Crippen LogP contribution in [0.4, 0.5) is 0 Å². The van der Waals surface area contributed by atoms with E-state index in [0.29, 0.717) is 39.6 Å². The topological polar surface area (TPSA) is 114 Å². The van der Waals surface area contributed by atoms with Crippen LogP contribution in [0, 0.1) is 0 Å². The molecule has 0 atom stereocenters. The van der Waals surface area contributed by atoms with Crippen LogP contribution in [-0.2, 0) is 9.47 Å². The predicted molar refractivity (Wildman–Crippen MR) is 225 cm³/mol. The Bertz CT molecular complexity index is 2200. The van der Waals surface area contributed by atoms with Crippen LogP contribution >= 0.6 is 0 Å². The summed E-state index contributed by atoms with van der Waals surface area (Å²) in [5, 5.41) is 0. The number of hydrogen-bond acceptors (Lipinski definition) is 10. The SMILES string of the molecule is c1cc(-c2cc(-c3ccc(OCCOCCOCCOc4ccc(-c5cc(-c6ccncc6)nc(-c6ccncc6)c5)cc4)cc3)cc(-c3ccncc3)n2)ccn1. The van der Waals surface area contributed by atoms with Crippen LogP contribution in [0.3, 0.4) is 0 Å². The summed E-state index contributed by atoms with van der Waals surface area (Å²) in [6.45, 7) is 2.70. The highest BCUT2D eigenvalue weighted by Gasteiger charge is 2.11. The molecule has 0 spiro atoms. The molecular weight excluding hydrogens is 725 g/mol. The summed E-state index contributed by atoms with van der Waals surface area (Å²) in [5.41, 5.74) is 11.8. The summed E-state index contributed by atoms with van der Waals surface area (Å²) in [4.78, 5) is 26.5. The van der Waals surface area contributed by atoms with Gasteiger partial charge in [-0.05, 0) is 119 Å². The first-order valence-corrected chi connectivity index (χ1v) is 19.0. The van der Waals surface area contributed by atoms with Gasteiger partial charge in [-0.15, -0.1) is 0 Å². The molecule has 8 aromatic rings. The molecule has 10 heteroatoms. The van der Waals surface area contributed by atoms with Gasteiger partial charge in [-0.3, -0.25) is 19.9 Å². The summed E-state index contributed by atoms with van der Waals surface area (Å²) in [6, 6.07) is 40.2. The van der Waals surface area contributed by atoms with E-state index in [1.54, 1.807) is 49.6 Å². The lowest BCUT2D eigenvalue weighted by atomic mass is 10.0. The van der Waals surface area contributed by atoms with Crippen LogP contribution in [0.5, 0.6) is 11.5 Å². The molecule has 0 N–H and O–H groups in total. The quantitative estimate of drug-likeness (QED) is 0.0831. The van der Waals surface area contributed by atoms with E-state index in [1.165, 1.54) is 0 Å². The highest BCUT2D eigenvalue weighted by Crippen LogP contribution is 2.32. The van der Waals surface area contributed by atoms with Gasteiger partial charge in [-0.25, -0.2) is 9.97 Å². The van der Waals surface area contributed by atoms with Crippen molar-refractivity contribution < 1.29 is 18.9 Å². The van der Waals surface area contributed by atoms with Crippen molar-refractivity contribution in [2.24, 2.45) is 0 Å². The standard InChI is InChI=1S/C48H40N6O4/c1-5-43(6-2-35(1)41-31-45(37-9-17-49-18-10-37)53-46(32-41)38-11-19-50-20-12-38)57-29-27-55-25-26-56-28-30-58-44-7-3-36(4-8-44)42-33-47(39-13-21-51-22-14-39)54-48(34-42)40-15-23-52-24-16-40/h1-24,31-34H,25-30H2. The van der Waals surface area contributed by atoms with Gasteiger partial charge in [0.1, 0.15) is 24.7 Å². The molecule has 0 aliphatic rings. The van der Waals surface area contributed by atoms with Gasteiger partial charge in [0.05, 0.1) is 49.2 Å². The molecule has 10 nitrogen and oxygen atoms in total. The second-order valence-corrected chi connectivity index (χ2v) is 13.2. The van der Waals surface area contributed by atoms with Crippen LogP contribution in [-0.4, -0.2) is 69.5 Å². The minimum absolute atomic E-state index is 0.432. The highest BCUT2D eigenvalue weighted by atomic mass is 16.6. The fourth-order valence-corrected chi connectivity index (χ4v) is 6.32. The number of rotatable bonds is 17. The van der Waals surface area contributed by atoms with E-state index in [4.69, 9.17) is 28.9 Å². The van der Waals surface area contributed by atoms with Gasteiger partial charge >= 0.3 is 0 Å². The Morgan fingerprint density at radius 3 is 0.845 bits per heavy atom. The lowest BCUT2D eigenvalue weighted by molar-refractivity contribution is 0.0273. The van der Waals surface area contributed by atoms with E-state index in [0.717, 1.165) is 78.8 Å². The van der Waals surface area contributed by atoms with E-state index in [1.807, 2.05) is 72.8 Å². The number of ether oxygens (including phenoxy) is 4. The summed E-state index contributed by atoms with van der Waals surface area (Å²) in [7, 11) is 0. The minimum atomic E-state index is 0.432. The summed E-state index contributed by atoms with van der Waals surface area (Å²) in [5.74, 6) is 1.55. The van der Waals surface area contributed by atoms with E-state index < -0.39 is 0 Å². The van der Waals surface area contributed by atoms with E-state index in [2.05, 4.69) is 68.5 Å². The Kier molecular flexibility index (Phi) is 12.5. The maximum Gasteiger partial charge on any atom is 0.119 e. The minimum Gasteiger partial charge on any atom is -0.491 e. The molecule has 6 aromatic heterocycles. The van der Waals surface area contributed by atoms with Crippen LogP contribution in [0.25, 0.3) is 67.3 Å². The third-order valence-corrected chi connectivity index (χ3v) is 9.30. The molecule has 0 fully saturated rings. The summed E-state index contributed by atoms with van der Waals surface area (Å²) in [6.07, 6.45) is 14.2. The molecule has 6 heterocycles. The van der Waals surface area contributed by atoms with E-state index in [-0.39, 0.29) is 0 Å². The number of benzene rings is 2. The molecule has 286 valence electrons. The van der Waals surface area contributed by atoms with Crippen LogP contribution in [0.2, 0.25) is 0 Å². The van der Waals surface area contributed by atoms with Crippen LogP contribution in [0.15, 0.2) is 171 Å². The largest absolute Gasteiger partial charge is 0.491 e. The summed E-state index contributed by atoms with van der Waals surface area (Å²) >= 11 is 0. The van der Waals surface area contributed by atoms with Crippen LogP contribution in [0.1, 0.15) is 0 Å². The first kappa shape index (κ1) is 37.8. The maximum atomic E-state index is 5.95. The molecule has 58 heavy (non-hydrogen) atoms. The first-order chi connectivity index (χ1) is 28.7. The molecule has 0 aliphatic carbocycles. The Hall–Kier alpha value is -7.14. The fourth-order valence-electron chi connectivity index (χ4n) is 6.32. The van der Waals surface area contributed by atoms with Gasteiger partial charge in [0.25, 0.3) is 0 Å². The summed E-state index contributed by atoms with van der Waals surface area (Å²) < 4.78 is 23.4. The Morgan fingerprint density at radius 1 is 0.276 bits per heavy atom. The molecule has 0 radical (unpaired) electrons. The first-order valence-electron chi connectivity index (χ1n) is 19.0. The average Bonchev–Trinajstić information content (AvgIpc) is 3.31. The number of pyridine rings is 6. The molecule has 0 unspecified atom stereocenters. The van der Waals surface area contributed by atoms with Gasteiger partial charge < -0.3 is 18.9 Å². The fraction of sp³-hybridized carbons (Fsp3) is 0.125. The zero-order valence-electron chi connectivity index (χ0n) is 31.7. The monoisotopic (exact) mass is 764 g/mol. The second-order valence-electron chi connectivity index (χ2n) is 13.2. The van der Waals surface area contributed by atoms with Gasteiger partial charge in [-0.2, -0.15) is 0 Å². The van der Waals surface area contributed by atoms with Gasteiger partial charge in [0, 0.05) is 71.8 Å². The normalized spacial score (nSPS) is 11.0. The highest BCUT2D eigenvalue weighted by molar-refractivity contribution is 5.78. The third kappa shape index (κ3) is 9.99. The number of nitrogens with zero attached hydrogens (tertiary/aromatic N) is 6. The van der Waals surface area contributed by atoms with Gasteiger partial charge in [-0.1, -0.05) is 24.3 Å². The van der Waals surface area contributed by atoms with Crippen molar-refractivity contribution in [1.82, 2.24) is 29.9 Å². The van der Waals surface area contributed by atoms with Gasteiger partial charge in [0.15, 0.2) is 0 Å². The average molecular weight is 765 g/mol. The molecular formula is C48H40N6O4. The Morgan fingerprint density at radius 2 is 0.552 bits per heavy atom. The molecule has 0 bridgehead atoms. The second kappa shape index (κ2) is 19.1. The van der Waals surface area contributed by atoms with Gasteiger partial charge in [0.2, 0.25) is 0 Å². The molecule has 2 aromatic carbocycles. The smallest absolute Gasteiger partial charge is 0.119 e. The zero-order valence-corrected chi connectivity index (χ0v) is 31.7.